The van der Waals surface area contributed by atoms with Crippen molar-refractivity contribution in [2.24, 2.45) is 5.92 Å². The predicted molar refractivity (Wildman–Crippen MR) is 162 cm³/mol. The van der Waals surface area contributed by atoms with Crippen LogP contribution in [-0.4, -0.2) is 47.1 Å². The number of hydrogen-bond donors (Lipinski definition) is 6. The fourth-order valence-corrected chi connectivity index (χ4v) is 5.72. The Morgan fingerprint density at radius 3 is 2.14 bits per heavy atom. The van der Waals surface area contributed by atoms with Gasteiger partial charge in [0.2, 0.25) is 23.6 Å². The van der Waals surface area contributed by atoms with Crippen LogP contribution in [0.3, 0.4) is 0 Å². The second-order valence-electron chi connectivity index (χ2n) is 11.4. The number of rotatable bonds is 16. The number of fused-ring (bicyclic) bond motifs is 1. The van der Waals surface area contributed by atoms with Crippen molar-refractivity contribution in [2.45, 2.75) is 76.5 Å². The van der Waals surface area contributed by atoms with Gasteiger partial charge in [0, 0.05) is 37.4 Å². The van der Waals surface area contributed by atoms with Crippen molar-refractivity contribution in [3.8, 4) is 11.1 Å². The van der Waals surface area contributed by atoms with Crippen LogP contribution < -0.4 is 21.6 Å². The van der Waals surface area contributed by atoms with Gasteiger partial charge in [-0.15, -0.1) is 0 Å². The van der Waals surface area contributed by atoms with Crippen LogP contribution in [-0.2, 0) is 25.6 Å². The molecule has 2 aromatic rings. The average molecular weight is 591 g/mol. The van der Waals surface area contributed by atoms with Gasteiger partial charge in [-0.1, -0.05) is 55.3 Å². The van der Waals surface area contributed by atoms with Crippen molar-refractivity contribution >= 4 is 29.7 Å². The van der Waals surface area contributed by atoms with Crippen LogP contribution in [0.15, 0.2) is 48.0 Å². The maximum absolute atomic E-state index is 12.8. The SMILES string of the molecule is O=C(CCCCCNC(=O)C1=Cc2cccc(-c3cccc(C4CC4C(=O)NCCCCCC(=O)NO)c3)c2CC1)NO. The van der Waals surface area contributed by atoms with Crippen molar-refractivity contribution in [3.63, 3.8) is 0 Å². The van der Waals surface area contributed by atoms with E-state index in [2.05, 4.69) is 34.9 Å². The number of hydroxylamine groups is 2. The molecule has 2 aliphatic rings. The fourth-order valence-electron chi connectivity index (χ4n) is 5.72. The Morgan fingerprint density at radius 2 is 1.44 bits per heavy atom. The first-order chi connectivity index (χ1) is 20.9. The molecule has 10 nitrogen and oxygen atoms in total. The van der Waals surface area contributed by atoms with Crippen LogP contribution in [0.5, 0.6) is 0 Å². The van der Waals surface area contributed by atoms with Gasteiger partial charge in [-0.05, 0) is 84.8 Å². The summed E-state index contributed by atoms with van der Waals surface area (Å²) in [6.07, 6.45) is 9.28. The summed E-state index contributed by atoms with van der Waals surface area (Å²) in [7, 11) is 0. The molecule has 0 bridgehead atoms. The van der Waals surface area contributed by atoms with E-state index in [0.717, 1.165) is 66.4 Å². The van der Waals surface area contributed by atoms with Crippen molar-refractivity contribution < 1.29 is 29.6 Å². The minimum absolute atomic E-state index is 0.0239. The standard InChI is InChI=1S/C33H42N4O6/c38-30(36-42)13-3-1-5-17-34-32(40)25-15-16-27-23(20-25)11-8-12-26(27)22-9-7-10-24(19-22)28-21-29(28)33(41)35-18-6-2-4-14-31(39)37-43/h7-12,19-20,28-29,42-43H,1-6,13-18,21H2,(H,34,40)(H,35,41)(H,36,38)(H,37,39). The number of hydrogen-bond acceptors (Lipinski definition) is 6. The molecular weight excluding hydrogens is 548 g/mol. The van der Waals surface area contributed by atoms with Gasteiger partial charge in [0.25, 0.3) is 0 Å². The molecule has 0 radical (unpaired) electrons. The summed E-state index contributed by atoms with van der Waals surface area (Å²) in [5.41, 5.74) is 9.72. The lowest BCUT2D eigenvalue weighted by Gasteiger charge is -2.20. The van der Waals surface area contributed by atoms with Crippen LogP contribution in [0.2, 0.25) is 0 Å². The van der Waals surface area contributed by atoms with E-state index < -0.39 is 5.91 Å². The maximum atomic E-state index is 12.8. The smallest absolute Gasteiger partial charge is 0.247 e. The molecule has 0 spiro atoms. The molecule has 0 saturated heterocycles. The second-order valence-corrected chi connectivity index (χ2v) is 11.4. The van der Waals surface area contributed by atoms with Crippen molar-refractivity contribution in [1.29, 1.82) is 0 Å². The molecule has 0 heterocycles. The van der Waals surface area contributed by atoms with Crippen molar-refractivity contribution in [3.05, 3.63) is 64.7 Å². The lowest BCUT2D eigenvalue weighted by atomic mass is 9.85. The van der Waals surface area contributed by atoms with Crippen LogP contribution >= 0.6 is 0 Å². The zero-order valence-corrected chi connectivity index (χ0v) is 24.5. The van der Waals surface area contributed by atoms with Crippen LogP contribution in [0, 0.1) is 5.92 Å². The summed E-state index contributed by atoms with van der Waals surface area (Å²) in [5.74, 6) is -0.585. The molecule has 4 rings (SSSR count). The Bertz CT molecular complexity index is 1340. The van der Waals surface area contributed by atoms with Gasteiger partial charge < -0.3 is 10.6 Å². The highest BCUT2D eigenvalue weighted by Gasteiger charge is 2.43. The quantitative estimate of drug-likeness (QED) is 0.0980. The monoisotopic (exact) mass is 590 g/mol. The molecule has 1 fully saturated rings. The molecule has 10 heteroatoms. The lowest BCUT2D eigenvalue weighted by molar-refractivity contribution is -0.130. The minimum Gasteiger partial charge on any atom is -0.356 e. The zero-order chi connectivity index (χ0) is 30.6. The lowest BCUT2D eigenvalue weighted by Crippen LogP contribution is -2.27. The van der Waals surface area contributed by atoms with E-state index in [1.807, 2.05) is 24.3 Å². The van der Waals surface area contributed by atoms with E-state index in [0.29, 0.717) is 32.4 Å². The van der Waals surface area contributed by atoms with Crippen molar-refractivity contribution in [2.75, 3.05) is 13.1 Å². The van der Waals surface area contributed by atoms with Gasteiger partial charge in [0.05, 0.1) is 0 Å². The minimum atomic E-state index is -0.394. The summed E-state index contributed by atoms with van der Waals surface area (Å²) in [6.45, 7) is 1.13. The average Bonchev–Trinajstić information content (AvgIpc) is 3.84. The first-order valence-electron chi connectivity index (χ1n) is 15.3. The van der Waals surface area contributed by atoms with Crippen LogP contribution in [0.1, 0.15) is 86.8 Å². The Hall–Kier alpha value is -4.02. The Kier molecular flexibility index (Phi) is 11.9. The van der Waals surface area contributed by atoms with Gasteiger partial charge in [-0.2, -0.15) is 0 Å². The first kappa shape index (κ1) is 31.9. The summed E-state index contributed by atoms with van der Waals surface area (Å²) in [5, 5.41) is 23.1. The van der Waals surface area contributed by atoms with Gasteiger partial charge in [-0.25, -0.2) is 11.0 Å². The summed E-state index contributed by atoms with van der Waals surface area (Å²) in [6, 6.07) is 14.6. The van der Waals surface area contributed by atoms with E-state index in [-0.39, 0.29) is 42.4 Å². The van der Waals surface area contributed by atoms with Gasteiger partial charge >= 0.3 is 0 Å². The zero-order valence-electron chi connectivity index (χ0n) is 24.5. The third-order valence-corrected chi connectivity index (χ3v) is 8.23. The molecule has 230 valence electrons. The molecule has 2 atom stereocenters. The number of carbonyl (C=O) groups excluding carboxylic acids is 4. The van der Waals surface area contributed by atoms with Crippen LogP contribution in [0.4, 0.5) is 0 Å². The highest BCUT2D eigenvalue weighted by atomic mass is 16.5. The molecule has 0 aliphatic heterocycles. The third-order valence-electron chi connectivity index (χ3n) is 8.23. The number of benzene rings is 2. The number of nitrogens with one attached hydrogen (secondary N) is 4. The molecule has 1 saturated carbocycles. The number of carbonyl (C=O) groups is 4. The summed E-state index contributed by atoms with van der Waals surface area (Å²) in [4.78, 5) is 47.6. The van der Waals surface area contributed by atoms with Crippen LogP contribution in [0.25, 0.3) is 17.2 Å². The molecule has 0 aromatic heterocycles. The summed E-state index contributed by atoms with van der Waals surface area (Å²) < 4.78 is 0. The van der Waals surface area contributed by atoms with Gasteiger partial charge in [-0.3, -0.25) is 29.6 Å². The molecule has 2 unspecified atom stereocenters. The third kappa shape index (κ3) is 9.23. The topological polar surface area (TPSA) is 157 Å². The highest BCUT2D eigenvalue weighted by molar-refractivity contribution is 5.99. The number of amides is 4. The second kappa shape index (κ2) is 16.0. The maximum Gasteiger partial charge on any atom is 0.247 e. The molecular formula is C33H42N4O6. The molecule has 43 heavy (non-hydrogen) atoms. The van der Waals surface area contributed by atoms with E-state index >= 15 is 0 Å². The molecule has 6 N–H and O–H groups in total. The fraction of sp³-hybridized carbons (Fsp3) is 0.455. The normalized spacial score (nSPS) is 16.8. The number of unbranched alkanes of at least 4 members (excludes halogenated alkanes) is 4. The van der Waals surface area contributed by atoms with Gasteiger partial charge in [0.1, 0.15) is 0 Å². The molecule has 2 aliphatic carbocycles. The van der Waals surface area contributed by atoms with E-state index in [1.165, 1.54) is 5.56 Å². The van der Waals surface area contributed by atoms with Gasteiger partial charge in [0.15, 0.2) is 0 Å². The Morgan fingerprint density at radius 1 is 0.767 bits per heavy atom. The highest BCUT2D eigenvalue weighted by Crippen LogP contribution is 2.48. The Balaban J connectivity index is 1.28. The Labute approximate surface area is 252 Å². The first-order valence-corrected chi connectivity index (χ1v) is 15.3. The van der Waals surface area contributed by atoms with E-state index in [1.54, 1.807) is 11.0 Å². The van der Waals surface area contributed by atoms with Crippen molar-refractivity contribution in [1.82, 2.24) is 21.6 Å². The summed E-state index contributed by atoms with van der Waals surface area (Å²) >= 11 is 0. The molecule has 4 amide bonds. The van der Waals surface area contributed by atoms with E-state index in [9.17, 15) is 19.2 Å². The largest absolute Gasteiger partial charge is 0.356 e. The predicted octanol–water partition coefficient (Wildman–Crippen LogP) is 4.15. The molecule has 2 aromatic carbocycles. The van der Waals surface area contributed by atoms with E-state index in [4.69, 9.17) is 10.4 Å².